The van der Waals surface area contributed by atoms with Gasteiger partial charge in [0.2, 0.25) is 5.91 Å². The number of carbonyl (C=O) groups is 1. The van der Waals surface area contributed by atoms with Crippen LogP contribution in [0.25, 0.3) is 0 Å². The minimum Gasteiger partial charge on any atom is -0.396 e. The Bertz CT molecular complexity index is 267. The third kappa shape index (κ3) is 3.88. The molecule has 0 spiro atoms. The monoisotopic (exact) mass is 259 g/mol. The molecule has 1 saturated heterocycles. The highest BCUT2D eigenvalue weighted by Crippen LogP contribution is 2.38. The maximum Gasteiger partial charge on any atom is 0.236 e. The summed E-state index contributed by atoms with van der Waals surface area (Å²) in [4.78, 5) is 12.3. The van der Waals surface area contributed by atoms with Crippen LogP contribution in [0.5, 0.6) is 0 Å². The van der Waals surface area contributed by atoms with E-state index in [4.69, 9.17) is 5.11 Å². The summed E-state index contributed by atoms with van der Waals surface area (Å²) >= 11 is 1.75. The Morgan fingerprint density at radius 2 is 2.18 bits per heavy atom. The van der Waals surface area contributed by atoms with Crippen molar-refractivity contribution in [2.24, 2.45) is 5.41 Å². The molecule has 1 rings (SSSR count). The molecule has 3 nitrogen and oxygen atoms in total. The average Bonchev–Trinajstić information content (AvgIpc) is 2.64. The van der Waals surface area contributed by atoms with E-state index in [0.717, 1.165) is 18.6 Å². The summed E-state index contributed by atoms with van der Waals surface area (Å²) in [6.07, 6.45) is 2.70. The second-order valence-electron chi connectivity index (χ2n) is 6.09. The maximum absolute atomic E-state index is 12.3. The fraction of sp³-hybridized carbons (Fsp3) is 0.923. The van der Waals surface area contributed by atoms with Gasteiger partial charge in [-0.3, -0.25) is 4.79 Å². The Morgan fingerprint density at radius 1 is 1.53 bits per heavy atom. The number of rotatable bonds is 4. The van der Waals surface area contributed by atoms with Crippen molar-refractivity contribution in [2.75, 3.05) is 12.4 Å². The van der Waals surface area contributed by atoms with Gasteiger partial charge < -0.3 is 10.4 Å². The molecule has 1 aliphatic rings. The quantitative estimate of drug-likeness (QED) is 0.813. The Hall–Kier alpha value is -0.220. The lowest BCUT2D eigenvalue weighted by atomic mass is 9.84. The first-order chi connectivity index (χ1) is 7.79. The van der Waals surface area contributed by atoms with E-state index in [9.17, 15) is 4.79 Å². The van der Waals surface area contributed by atoms with Crippen LogP contribution in [-0.2, 0) is 4.79 Å². The second-order valence-corrected chi connectivity index (χ2v) is 7.69. The van der Waals surface area contributed by atoms with Crippen LogP contribution >= 0.6 is 11.8 Å². The Kier molecular flexibility index (Phi) is 4.90. The van der Waals surface area contributed by atoms with Crippen molar-refractivity contribution >= 4 is 17.7 Å². The summed E-state index contributed by atoms with van der Waals surface area (Å²) in [6, 6.07) is 0.0398. The van der Waals surface area contributed by atoms with Crippen molar-refractivity contribution in [1.29, 1.82) is 0 Å². The topological polar surface area (TPSA) is 49.3 Å². The molecular weight excluding hydrogens is 234 g/mol. The number of aliphatic hydroxyl groups excluding tert-OH is 1. The molecule has 0 aromatic carbocycles. The van der Waals surface area contributed by atoms with E-state index in [0.29, 0.717) is 6.42 Å². The molecule has 1 aliphatic heterocycles. The van der Waals surface area contributed by atoms with E-state index < -0.39 is 0 Å². The molecule has 100 valence electrons. The van der Waals surface area contributed by atoms with Gasteiger partial charge in [0.15, 0.2) is 0 Å². The number of thioether (sulfide) groups is 1. The number of amides is 1. The van der Waals surface area contributed by atoms with Crippen molar-refractivity contribution < 1.29 is 9.90 Å². The molecule has 1 heterocycles. The summed E-state index contributed by atoms with van der Waals surface area (Å²) < 4.78 is -0.265. The van der Waals surface area contributed by atoms with Crippen LogP contribution in [0.1, 0.15) is 47.0 Å². The SMILES string of the molecule is CC1(C(=O)NC(CCO)C(C)(C)C)CCCS1. The van der Waals surface area contributed by atoms with Gasteiger partial charge in [-0.15, -0.1) is 11.8 Å². The molecule has 1 fully saturated rings. The van der Waals surface area contributed by atoms with E-state index in [1.165, 1.54) is 0 Å². The van der Waals surface area contributed by atoms with Gasteiger partial charge in [-0.1, -0.05) is 20.8 Å². The highest BCUT2D eigenvalue weighted by molar-refractivity contribution is 8.01. The molecule has 0 saturated carbocycles. The minimum atomic E-state index is -0.265. The molecular formula is C13H25NO2S. The van der Waals surface area contributed by atoms with Gasteiger partial charge in [-0.2, -0.15) is 0 Å². The highest BCUT2D eigenvalue weighted by atomic mass is 32.2. The van der Waals surface area contributed by atoms with Gasteiger partial charge in [-0.25, -0.2) is 0 Å². The van der Waals surface area contributed by atoms with Gasteiger partial charge in [-0.05, 0) is 37.4 Å². The predicted octanol–water partition coefficient (Wildman–Crippen LogP) is 2.19. The Morgan fingerprint density at radius 3 is 2.59 bits per heavy atom. The predicted molar refractivity (Wildman–Crippen MR) is 73.2 cm³/mol. The Labute approximate surface area is 109 Å². The van der Waals surface area contributed by atoms with Crippen LogP contribution in [0.15, 0.2) is 0 Å². The molecule has 0 radical (unpaired) electrons. The lowest BCUT2D eigenvalue weighted by molar-refractivity contribution is -0.124. The summed E-state index contributed by atoms with van der Waals surface area (Å²) in [5.74, 6) is 1.21. The lowest BCUT2D eigenvalue weighted by Crippen LogP contribution is -2.50. The van der Waals surface area contributed by atoms with Gasteiger partial charge in [0, 0.05) is 12.6 Å². The van der Waals surface area contributed by atoms with E-state index in [1.807, 2.05) is 6.92 Å². The maximum atomic E-state index is 12.3. The molecule has 2 unspecified atom stereocenters. The van der Waals surface area contributed by atoms with Crippen LogP contribution in [-0.4, -0.2) is 34.2 Å². The zero-order valence-electron chi connectivity index (χ0n) is 11.4. The molecule has 2 atom stereocenters. The first kappa shape index (κ1) is 14.8. The number of aliphatic hydroxyl groups is 1. The normalized spacial score (nSPS) is 26.9. The van der Waals surface area contributed by atoms with Crippen LogP contribution < -0.4 is 5.32 Å². The molecule has 0 aliphatic carbocycles. The molecule has 2 N–H and O–H groups in total. The van der Waals surface area contributed by atoms with E-state index in [2.05, 4.69) is 26.1 Å². The Balaban J connectivity index is 2.64. The average molecular weight is 259 g/mol. The van der Waals surface area contributed by atoms with Crippen molar-refractivity contribution in [3.63, 3.8) is 0 Å². The third-order valence-corrected chi connectivity index (χ3v) is 4.99. The van der Waals surface area contributed by atoms with Crippen molar-refractivity contribution in [3.05, 3.63) is 0 Å². The molecule has 0 aromatic heterocycles. The molecule has 1 amide bonds. The summed E-state index contributed by atoms with van der Waals surface area (Å²) in [5, 5.41) is 12.2. The molecule has 4 heteroatoms. The number of hydrogen-bond donors (Lipinski definition) is 2. The van der Waals surface area contributed by atoms with E-state index in [-0.39, 0.29) is 28.7 Å². The van der Waals surface area contributed by atoms with E-state index >= 15 is 0 Å². The number of nitrogens with one attached hydrogen (secondary N) is 1. The summed E-state index contributed by atoms with van der Waals surface area (Å²) in [7, 11) is 0. The fourth-order valence-corrected chi connectivity index (χ4v) is 3.34. The first-order valence-electron chi connectivity index (χ1n) is 6.35. The van der Waals surface area contributed by atoms with Gasteiger partial charge in [0.1, 0.15) is 0 Å². The van der Waals surface area contributed by atoms with Gasteiger partial charge in [0.05, 0.1) is 4.75 Å². The lowest BCUT2D eigenvalue weighted by Gasteiger charge is -2.34. The third-order valence-electron chi connectivity index (χ3n) is 3.47. The van der Waals surface area contributed by atoms with Crippen LogP contribution in [0.4, 0.5) is 0 Å². The zero-order chi connectivity index (χ0) is 13.1. The molecule has 0 aromatic rings. The zero-order valence-corrected chi connectivity index (χ0v) is 12.2. The van der Waals surface area contributed by atoms with Crippen LogP contribution in [0.2, 0.25) is 0 Å². The number of carbonyl (C=O) groups excluding carboxylic acids is 1. The first-order valence-corrected chi connectivity index (χ1v) is 7.34. The fourth-order valence-electron chi connectivity index (χ4n) is 2.12. The largest absolute Gasteiger partial charge is 0.396 e. The number of hydrogen-bond acceptors (Lipinski definition) is 3. The summed E-state index contributed by atoms with van der Waals surface area (Å²) in [6.45, 7) is 8.43. The van der Waals surface area contributed by atoms with Crippen molar-refractivity contribution in [2.45, 2.75) is 57.7 Å². The molecule has 0 bridgehead atoms. The van der Waals surface area contributed by atoms with E-state index in [1.54, 1.807) is 11.8 Å². The second kappa shape index (κ2) is 5.61. The smallest absolute Gasteiger partial charge is 0.236 e. The minimum absolute atomic E-state index is 0.0159. The van der Waals surface area contributed by atoms with Crippen LogP contribution in [0, 0.1) is 5.41 Å². The van der Waals surface area contributed by atoms with Crippen molar-refractivity contribution in [3.8, 4) is 0 Å². The highest BCUT2D eigenvalue weighted by Gasteiger charge is 2.39. The standard InChI is InChI=1S/C13H25NO2S/c1-12(2,3)10(6-8-15)14-11(16)13(4)7-5-9-17-13/h10,15H,5-9H2,1-4H3,(H,14,16). The summed E-state index contributed by atoms with van der Waals surface area (Å²) in [5.41, 5.74) is -0.0159. The molecule has 17 heavy (non-hydrogen) atoms. The van der Waals surface area contributed by atoms with Crippen molar-refractivity contribution in [1.82, 2.24) is 5.32 Å². The van der Waals surface area contributed by atoms with Gasteiger partial charge >= 0.3 is 0 Å². The van der Waals surface area contributed by atoms with Crippen LogP contribution in [0.3, 0.4) is 0 Å². The van der Waals surface area contributed by atoms with Gasteiger partial charge in [0.25, 0.3) is 0 Å².